The molecule has 0 spiro atoms. The molecule has 0 unspecified atom stereocenters. The molecule has 28 heavy (non-hydrogen) atoms. The molecule has 2 heteroatoms. The monoisotopic (exact) mass is 364 g/mol. The molecule has 0 radical (unpaired) electrons. The van der Waals surface area contributed by atoms with Gasteiger partial charge in [0.1, 0.15) is 0 Å². The van der Waals surface area contributed by atoms with Gasteiger partial charge >= 0.3 is 0 Å². The Morgan fingerprint density at radius 3 is 2.14 bits per heavy atom. The molecule has 2 nitrogen and oxygen atoms in total. The third-order valence-corrected chi connectivity index (χ3v) is 4.98. The Labute approximate surface area is 167 Å². The summed E-state index contributed by atoms with van der Waals surface area (Å²) in [7, 11) is 2.13. The van der Waals surface area contributed by atoms with Crippen molar-refractivity contribution in [1.82, 2.24) is 0 Å². The van der Waals surface area contributed by atoms with Crippen LogP contribution in [0.5, 0.6) is 0 Å². The number of likely N-dealkylation sites (N-methyl/N-ethyl adjacent to an activating group) is 1. The molecular weight excluding hydrogens is 340 g/mol. The van der Waals surface area contributed by atoms with Crippen molar-refractivity contribution in [1.29, 1.82) is 0 Å². The summed E-state index contributed by atoms with van der Waals surface area (Å²) in [6.45, 7) is 1.74. The third kappa shape index (κ3) is 4.12. The van der Waals surface area contributed by atoms with Crippen molar-refractivity contribution < 1.29 is 0 Å². The van der Waals surface area contributed by atoms with Crippen molar-refractivity contribution in [2.45, 2.75) is 0 Å². The third-order valence-electron chi connectivity index (χ3n) is 4.98. The van der Waals surface area contributed by atoms with Crippen LogP contribution in [0.1, 0.15) is 22.3 Å². The Bertz CT molecular complexity index is 1030. The van der Waals surface area contributed by atoms with Gasteiger partial charge in [-0.3, -0.25) is 4.99 Å². The van der Waals surface area contributed by atoms with E-state index in [1.807, 2.05) is 6.07 Å². The van der Waals surface area contributed by atoms with E-state index in [4.69, 9.17) is 4.99 Å². The van der Waals surface area contributed by atoms with E-state index in [1.54, 1.807) is 0 Å². The molecular formula is C26H24N2. The van der Waals surface area contributed by atoms with Gasteiger partial charge in [-0.1, -0.05) is 91.0 Å². The molecule has 0 aliphatic carbocycles. The number of benzene rings is 3. The molecule has 0 amide bonds. The van der Waals surface area contributed by atoms with Gasteiger partial charge in [0.25, 0.3) is 0 Å². The number of hydrogen-bond donors (Lipinski definition) is 0. The van der Waals surface area contributed by atoms with Gasteiger partial charge < -0.3 is 4.90 Å². The summed E-state index contributed by atoms with van der Waals surface area (Å²) in [5, 5.41) is 0. The summed E-state index contributed by atoms with van der Waals surface area (Å²) in [4.78, 5) is 7.10. The van der Waals surface area contributed by atoms with Crippen molar-refractivity contribution in [3.8, 4) is 0 Å². The van der Waals surface area contributed by atoms with E-state index in [-0.39, 0.29) is 0 Å². The van der Waals surface area contributed by atoms with Crippen molar-refractivity contribution >= 4 is 29.6 Å². The first-order chi connectivity index (χ1) is 13.8. The first-order valence-corrected chi connectivity index (χ1v) is 9.66. The van der Waals surface area contributed by atoms with Crippen molar-refractivity contribution in [3.05, 3.63) is 107 Å². The Balaban J connectivity index is 1.63. The van der Waals surface area contributed by atoms with Gasteiger partial charge in [0, 0.05) is 24.8 Å². The van der Waals surface area contributed by atoms with E-state index in [9.17, 15) is 0 Å². The lowest BCUT2D eigenvalue weighted by molar-refractivity contribution is 0.897. The highest BCUT2D eigenvalue weighted by Crippen LogP contribution is 2.23. The van der Waals surface area contributed by atoms with E-state index in [1.165, 1.54) is 27.9 Å². The predicted molar refractivity (Wildman–Crippen MR) is 122 cm³/mol. The fourth-order valence-electron chi connectivity index (χ4n) is 3.42. The van der Waals surface area contributed by atoms with Gasteiger partial charge in [0.2, 0.25) is 0 Å². The Morgan fingerprint density at radius 2 is 1.36 bits per heavy atom. The van der Waals surface area contributed by atoms with Crippen molar-refractivity contribution in [2.24, 2.45) is 4.99 Å². The van der Waals surface area contributed by atoms with Gasteiger partial charge in [-0.25, -0.2) is 0 Å². The number of hydrogen-bond acceptors (Lipinski definition) is 2. The normalized spacial score (nSPS) is 14.2. The lowest BCUT2D eigenvalue weighted by Crippen LogP contribution is -2.20. The molecule has 3 aromatic rings. The van der Waals surface area contributed by atoms with Crippen LogP contribution in [0.4, 0.5) is 5.69 Å². The zero-order valence-electron chi connectivity index (χ0n) is 16.1. The highest BCUT2D eigenvalue weighted by molar-refractivity contribution is 6.14. The second-order valence-electron chi connectivity index (χ2n) is 6.91. The van der Waals surface area contributed by atoms with Gasteiger partial charge in [-0.05, 0) is 28.8 Å². The van der Waals surface area contributed by atoms with Crippen LogP contribution >= 0.6 is 0 Å². The molecule has 0 N–H and O–H groups in total. The number of anilines is 1. The summed E-state index contributed by atoms with van der Waals surface area (Å²) in [5.74, 6) is 0. The number of rotatable bonds is 4. The molecule has 0 atom stereocenters. The Kier molecular flexibility index (Phi) is 5.48. The summed E-state index contributed by atoms with van der Waals surface area (Å²) in [6.07, 6.45) is 8.64. The number of fused-ring (bicyclic) bond motifs is 1. The van der Waals surface area contributed by atoms with E-state index < -0.39 is 0 Å². The molecule has 3 aromatic carbocycles. The van der Waals surface area contributed by atoms with Gasteiger partial charge in [-0.15, -0.1) is 0 Å². The maximum atomic E-state index is 4.82. The molecule has 0 bridgehead atoms. The summed E-state index contributed by atoms with van der Waals surface area (Å²) >= 11 is 0. The minimum absolute atomic E-state index is 0.806. The lowest BCUT2D eigenvalue weighted by atomic mass is 10.0. The topological polar surface area (TPSA) is 15.6 Å². The molecule has 0 aromatic heterocycles. The number of nitrogens with zero attached hydrogens (tertiary/aromatic N) is 2. The first kappa shape index (κ1) is 18.0. The van der Waals surface area contributed by atoms with Crippen LogP contribution in [0, 0.1) is 0 Å². The fraction of sp³-hybridized carbons (Fsp3) is 0.115. The molecule has 0 saturated carbocycles. The predicted octanol–water partition coefficient (Wildman–Crippen LogP) is 5.81. The SMILES string of the molecule is CN1CCN=C(C=Cc2ccccc2C=Cc2ccccc2)c2ccccc21. The average molecular weight is 364 g/mol. The molecule has 0 fully saturated rings. The lowest BCUT2D eigenvalue weighted by Gasteiger charge is -2.18. The van der Waals surface area contributed by atoms with Crippen LogP contribution in [-0.2, 0) is 0 Å². The van der Waals surface area contributed by atoms with E-state index in [0.29, 0.717) is 0 Å². The Morgan fingerprint density at radius 1 is 0.714 bits per heavy atom. The fourth-order valence-corrected chi connectivity index (χ4v) is 3.42. The highest BCUT2D eigenvalue weighted by atomic mass is 15.1. The van der Waals surface area contributed by atoms with Gasteiger partial charge in [0.05, 0.1) is 12.3 Å². The van der Waals surface area contributed by atoms with E-state index in [0.717, 1.165) is 18.8 Å². The highest BCUT2D eigenvalue weighted by Gasteiger charge is 2.13. The number of allylic oxidation sites excluding steroid dienone is 1. The number of para-hydroxylation sites is 1. The van der Waals surface area contributed by atoms with E-state index >= 15 is 0 Å². The maximum Gasteiger partial charge on any atom is 0.0668 e. The van der Waals surface area contributed by atoms with Crippen LogP contribution < -0.4 is 4.90 Å². The van der Waals surface area contributed by atoms with E-state index in [2.05, 4.69) is 109 Å². The number of benzodiazepines with no additional fused rings is 1. The van der Waals surface area contributed by atoms with Crippen LogP contribution in [0.25, 0.3) is 18.2 Å². The second kappa shape index (κ2) is 8.53. The van der Waals surface area contributed by atoms with Gasteiger partial charge in [-0.2, -0.15) is 0 Å². The Hall–Kier alpha value is -3.39. The standard InChI is InChI=1S/C26H24N2/c1-28-20-19-27-25(24-13-7-8-14-26(24)28)18-17-23-12-6-5-11-22(23)16-15-21-9-3-2-4-10-21/h2-18H,19-20H2,1H3. The van der Waals surface area contributed by atoms with Crippen molar-refractivity contribution in [2.75, 3.05) is 25.0 Å². The zero-order valence-corrected chi connectivity index (χ0v) is 16.1. The summed E-state index contributed by atoms with van der Waals surface area (Å²) in [5.41, 5.74) is 7.06. The molecule has 0 saturated heterocycles. The maximum absolute atomic E-state index is 4.82. The van der Waals surface area contributed by atoms with Crippen molar-refractivity contribution in [3.63, 3.8) is 0 Å². The molecule has 1 heterocycles. The van der Waals surface area contributed by atoms with Gasteiger partial charge in [0.15, 0.2) is 0 Å². The largest absolute Gasteiger partial charge is 0.372 e. The van der Waals surface area contributed by atoms with Crippen LogP contribution in [0.3, 0.4) is 0 Å². The zero-order chi connectivity index (χ0) is 19.2. The minimum atomic E-state index is 0.806. The second-order valence-corrected chi connectivity index (χ2v) is 6.91. The van der Waals surface area contributed by atoms with Crippen LogP contribution in [0.15, 0.2) is 89.9 Å². The molecule has 1 aliphatic rings. The average Bonchev–Trinajstić information content (AvgIpc) is 2.91. The summed E-state index contributed by atoms with van der Waals surface area (Å²) in [6, 6.07) is 27.3. The van der Waals surface area contributed by atoms with Crippen LogP contribution in [0.2, 0.25) is 0 Å². The molecule has 1 aliphatic heterocycles. The molecule has 138 valence electrons. The molecule has 4 rings (SSSR count). The quantitative estimate of drug-likeness (QED) is 0.534. The minimum Gasteiger partial charge on any atom is -0.372 e. The first-order valence-electron chi connectivity index (χ1n) is 9.66. The smallest absolute Gasteiger partial charge is 0.0668 e. The summed E-state index contributed by atoms with van der Waals surface area (Å²) < 4.78 is 0. The number of aliphatic imine (C=N–C) groups is 1. The van der Waals surface area contributed by atoms with Crippen LogP contribution in [-0.4, -0.2) is 25.8 Å².